The van der Waals surface area contributed by atoms with Gasteiger partial charge >= 0.3 is 0 Å². The normalized spacial score (nSPS) is 11.1. The van der Waals surface area contributed by atoms with Crippen LogP contribution in [-0.4, -0.2) is 9.97 Å². The van der Waals surface area contributed by atoms with E-state index in [0.717, 1.165) is 39.4 Å². The van der Waals surface area contributed by atoms with Crippen LogP contribution in [0.4, 0.5) is 0 Å². The SMILES string of the molecule is Cc1cccc(-c2nc3c(Cc4ccccc4Cl)cccc3[nH]2)c1. The van der Waals surface area contributed by atoms with Crippen molar-refractivity contribution in [3.05, 3.63) is 88.4 Å². The van der Waals surface area contributed by atoms with Crippen LogP contribution in [-0.2, 0) is 6.42 Å². The number of H-pyrrole nitrogens is 1. The van der Waals surface area contributed by atoms with Crippen molar-refractivity contribution in [1.82, 2.24) is 9.97 Å². The van der Waals surface area contributed by atoms with Crippen molar-refractivity contribution in [3.8, 4) is 11.4 Å². The molecule has 0 aliphatic carbocycles. The number of benzene rings is 3. The third kappa shape index (κ3) is 2.81. The molecule has 118 valence electrons. The molecule has 2 nitrogen and oxygen atoms in total. The quantitative estimate of drug-likeness (QED) is 0.506. The number of imidazole rings is 1. The molecule has 4 aromatic rings. The molecule has 1 heterocycles. The molecule has 0 radical (unpaired) electrons. The van der Waals surface area contributed by atoms with Gasteiger partial charge in [0.25, 0.3) is 0 Å². The zero-order valence-electron chi connectivity index (χ0n) is 13.4. The number of aryl methyl sites for hydroxylation is 1. The number of rotatable bonds is 3. The summed E-state index contributed by atoms with van der Waals surface area (Å²) < 4.78 is 0. The van der Waals surface area contributed by atoms with E-state index in [9.17, 15) is 0 Å². The van der Waals surface area contributed by atoms with Gasteiger partial charge in [-0.1, -0.05) is 65.7 Å². The van der Waals surface area contributed by atoms with Crippen molar-refractivity contribution >= 4 is 22.6 Å². The lowest BCUT2D eigenvalue weighted by atomic mass is 10.0. The number of aromatic amines is 1. The molecule has 0 saturated carbocycles. The Morgan fingerprint density at radius 3 is 2.54 bits per heavy atom. The Kier molecular flexibility index (Phi) is 3.83. The van der Waals surface area contributed by atoms with Crippen LogP contribution >= 0.6 is 11.6 Å². The molecule has 4 rings (SSSR count). The molecule has 0 fully saturated rings. The van der Waals surface area contributed by atoms with Gasteiger partial charge < -0.3 is 4.98 Å². The monoisotopic (exact) mass is 332 g/mol. The van der Waals surface area contributed by atoms with E-state index < -0.39 is 0 Å². The second-order valence-corrected chi connectivity index (χ2v) is 6.44. The van der Waals surface area contributed by atoms with Gasteiger partial charge in [-0.05, 0) is 36.2 Å². The summed E-state index contributed by atoms with van der Waals surface area (Å²) in [6, 6.07) is 22.6. The van der Waals surface area contributed by atoms with Crippen molar-refractivity contribution in [3.63, 3.8) is 0 Å². The number of fused-ring (bicyclic) bond motifs is 1. The molecule has 0 amide bonds. The minimum Gasteiger partial charge on any atom is -0.338 e. The summed E-state index contributed by atoms with van der Waals surface area (Å²) in [5.74, 6) is 0.903. The summed E-state index contributed by atoms with van der Waals surface area (Å²) >= 11 is 6.32. The van der Waals surface area contributed by atoms with Crippen LogP contribution in [0.1, 0.15) is 16.7 Å². The fourth-order valence-electron chi connectivity index (χ4n) is 3.01. The number of hydrogen-bond acceptors (Lipinski definition) is 1. The van der Waals surface area contributed by atoms with Gasteiger partial charge in [0.15, 0.2) is 0 Å². The Balaban J connectivity index is 1.79. The van der Waals surface area contributed by atoms with Crippen LogP contribution in [0.3, 0.4) is 0 Å². The van der Waals surface area contributed by atoms with E-state index in [-0.39, 0.29) is 0 Å². The minimum absolute atomic E-state index is 0.773. The highest BCUT2D eigenvalue weighted by Gasteiger charge is 2.10. The molecular weight excluding hydrogens is 316 g/mol. The van der Waals surface area contributed by atoms with Crippen molar-refractivity contribution < 1.29 is 0 Å². The standard InChI is InChI=1S/C21H17ClN2/c1-14-6-4-9-17(12-14)21-23-19-11-5-8-16(20(19)24-21)13-15-7-2-3-10-18(15)22/h2-12H,13H2,1H3,(H,23,24). The molecule has 3 aromatic carbocycles. The van der Waals surface area contributed by atoms with E-state index in [1.807, 2.05) is 18.2 Å². The van der Waals surface area contributed by atoms with Gasteiger partial charge in [0.1, 0.15) is 5.82 Å². The molecule has 24 heavy (non-hydrogen) atoms. The highest BCUT2D eigenvalue weighted by atomic mass is 35.5. The van der Waals surface area contributed by atoms with E-state index in [2.05, 4.69) is 60.4 Å². The van der Waals surface area contributed by atoms with Crippen LogP contribution in [0.15, 0.2) is 66.7 Å². The van der Waals surface area contributed by atoms with Gasteiger partial charge in [-0.15, -0.1) is 0 Å². The predicted octanol–water partition coefficient (Wildman–Crippen LogP) is 5.78. The van der Waals surface area contributed by atoms with Crippen LogP contribution < -0.4 is 0 Å². The van der Waals surface area contributed by atoms with Crippen LogP contribution in [0.5, 0.6) is 0 Å². The first-order valence-electron chi connectivity index (χ1n) is 7.99. The van der Waals surface area contributed by atoms with E-state index >= 15 is 0 Å². The van der Waals surface area contributed by atoms with Gasteiger partial charge in [0, 0.05) is 17.0 Å². The Labute approximate surface area is 146 Å². The third-order valence-electron chi connectivity index (χ3n) is 4.23. The van der Waals surface area contributed by atoms with Crippen LogP contribution in [0, 0.1) is 6.92 Å². The van der Waals surface area contributed by atoms with E-state index in [1.54, 1.807) is 0 Å². The fraction of sp³-hybridized carbons (Fsp3) is 0.0952. The van der Waals surface area contributed by atoms with Gasteiger partial charge in [-0.3, -0.25) is 0 Å². The first-order chi connectivity index (χ1) is 11.7. The van der Waals surface area contributed by atoms with Crippen molar-refractivity contribution in [2.45, 2.75) is 13.3 Å². The lowest BCUT2D eigenvalue weighted by Crippen LogP contribution is -1.90. The largest absolute Gasteiger partial charge is 0.338 e. The summed E-state index contributed by atoms with van der Waals surface area (Å²) in [7, 11) is 0. The number of halogens is 1. The van der Waals surface area contributed by atoms with Crippen molar-refractivity contribution in [1.29, 1.82) is 0 Å². The molecular formula is C21H17ClN2. The van der Waals surface area contributed by atoms with Gasteiger partial charge in [-0.25, -0.2) is 4.98 Å². The Hall–Kier alpha value is -2.58. The van der Waals surface area contributed by atoms with E-state index in [0.29, 0.717) is 0 Å². The Morgan fingerprint density at radius 2 is 1.71 bits per heavy atom. The zero-order chi connectivity index (χ0) is 16.5. The highest BCUT2D eigenvalue weighted by Crippen LogP contribution is 2.26. The smallest absolute Gasteiger partial charge is 0.138 e. The summed E-state index contributed by atoms with van der Waals surface area (Å²) in [5, 5.41) is 0.795. The molecule has 3 heteroatoms. The highest BCUT2D eigenvalue weighted by molar-refractivity contribution is 6.31. The Bertz CT molecular complexity index is 1020. The summed E-state index contributed by atoms with van der Waals surface area (Å²) in [6.07, 6.45) is 0.773. The molecule has 0 saturated heterocycles. The lowest BCUT2D eigenvalue weighted by Gasteiger charge is -2.05. The molecule has 0 atom stereocenters. The molecule has 1 N–H and O–H groups in total. The second-order valence-electron chi connectivity index (χ2n) is 6.04. The van der Waals surface area contributed by atoms with Crippen LogP contribution in [0.2, 0.25) is 5.02 Å². The molecule has 0 aliphatic heterocycles. The molecule has 0 aliphatic rings. The number of nitrogens with one attached hydrogen (secondary N) is 1. The average Bonchev–Trinajstić information content (AvgIpc) is 3.02. The average molecular weight is 333 g/mol. The molecule has 1 aromatic heterocycles. The minimum atomic E-state index is 0.773. The van der Waals surface area contributed by atoms with Gasteiger partial charge in [-0.2, -0.15) is 0 Å². The second kappa shape index (κ2) is 6.14. The lowest BCUT2D eigenvalue weighted by molar-refractivity contribution is 1.20. The number of aromatic nitrogens is 2. The van der Waals surface area contributed by atoms with Gasteiger partial charge in [0.2, 0.25) is 0 Å². The summed E-state index contributed by atoms with van der Waals surface area (Å²) in [5.41, 5.74) is 6.69. The first-order valence-corrected chi connectivity index (χ1v) is 8.36. The van der Waals surface area contributed by atoms with Gasteiger partial charge in [0.05, 0.1) is 11.0 Å². The summed E-state index contributed by atoms with van der Waals surface area (Å²) in [6.45, 7) is 2.09. The molecule has 0 bridgehead atoms. The number of nitrogens with zero attached hydrogens (tertiary/aromatic N) is 1. The van der Waals surface area contributed by atoms with E-state index in [4.69, 9.17) is 16.6 Å². The Morgan fingerprint density at radius 1 is 0.917 bits per heavy atom. The maximum Gasteiger partial charge on any atom is 0.138 e. The number of hydrogen-bond donors (Lipinski definition) is 1. The van der Waals surface area contributed by atoms with Crippen molar-refractivity contribution in [2.24, 2.45) is 0 Å². The van der Waals surface area contributed by atoms with Crippen LogP contribution in [0.25, 0.3) is 22.4 Å². The fourth-order valence-corrected chi connectivity index (χ4v) is 3.21. The predicted molar refractivity (Wildman–Crippen MR) is 101 cm³/mol. The molecule has 0 spiro atoms. The first kappa shape index (κ1) is 15.0. The summed E-state index contributed by atoms with van der Waals surface area (Å²) in [4.78, 5) is 8.29. The van der Waals surface area contributed by atoms with E-state index in [1.165, 1.54) is 11.1 Å². The zero-order valence-corrected chi connectivity index (χ0v) is 14.1. The maximum atomic E-state index is 6.32. The topological polar surface area (TPSA) is 28.7 Å². The van der Waals surface area contributed by atoms with Crippen molar-refractivity contribution in [2.75, 3.05) is 0 Å². The third-order valence-corrected chi connectivity index (χ3v) is 4.60. The number of para-hydroxylation sites is 1. The molecule has 0 unspecified atom stereocenters. The maximum absolute atomic E-state index is 6.32.